The number of hydrogen-bond acceptors (Lipinski definition) is 2. The molecular weight excluding hydrogens is 272 g/mol. The molecule has 0 saturated carbocycles. The third kappa shape index (κ3) is 4.35. The van der Waals surface area contributed by atoms with E-state index in [0.29, 0.717) is 18.5 Å². The van der Waals surface area contributed by atoms with Crippen LogP contribution in [-0.2, 0) is 0 Å². The maximum Gasteiger partial charge on any atom is 0.294 e. The first-order valence-electron chi connectivity index (χ1n) is 7.87. The van der Waals surface area contributed by atoms with Gasteiger partial charge in [-0.15, -0.1) is 0 Å². The van der Waals surface area contributed by atoms with Crippen LogP contribution in [0.2, 0.25) is 0 Å². The van der Waals surface area contributed by atoms with Crippen molar-refractivity contribution < 1.29 is 4.74 Å². The number of aromatic amines is 1. The van der Waals surface area contributed by atoms with Gasteiger partial charge in [-0.3, -0.25) is 0 Å². The second kappa shape index (κ2) is 8.23. The number of aromatic nitrogens is 2. The summed E-state index contributed by atoms with van der Waals surface area (Å²) in [6, 6.07) is 19.1. The Kier molecular flexibility index (Phi) is 6.01. The fourth-order valence-corrected chi connectivity index (χ4v) is 2.15. The largest absolute Gasteiger partial charge is 0.465 e. The van der Waals surface area contributed by atoms with Crippen molar-refractivity contribution in [2.45, 2.75) is 33.1 Å². The van der Waals surface area contributed by atoms with Gasteiger partial charge in [-0.1, -0.05) is 56.3 Å². The summed E-state index contributed by atoms with van der Waals surface area (Å²) < 4.78 is 5.22. The van der Waals surface area contributed by atoms with Gasteiger partial charge in [0.25, 0.3) is 6.01 Å². The van der Waals surface area contributed by atoms with Crippen LogP contribution < -0.4 is 4.74 Å². The Morgan fingerprint density at radius 1 is 1.00 bits per heavy atom. The zero-order valence-corrected chi connectivity index (χ0v) is 13.5. The summed E-state index contributed by atoms with van der Waals surface area (Å²) in [7, 11) is 0. The van der Waals surface area contributed by atoms with E-state index in [9.17, 15) is 0 Å². The Bertz CT molecular complexity index is 643. The minimum absolute atomic E-state index is 0.596. The zero-order chi connectivity index (χ0) is 15.8. The van der Waals surface area contributed by atoms with Crippen LogP contribution in [0.25, 0.3) is 11.0 Å². The molecule has 0 bridgehead atoms. The van der Waals surface area contributed by atoms with Gasteiger partial charge in [-0.05, 0) is 37.0 Å². The number of fused-ring (bicyclic) bond motifs is 1. The Balaban J connectivity index is 0.000000164. The van der Waals surface area contributed by atoms with Gasteiger partial charge in [0.2, 0.25) is 0 Å². The number of imidazole rings is 1. The molecule has 3 rings (SSSR count). The number of nitrogens with zero attached hydrogens (tertiary/aromatic N) is 1. The lowest BCUT2D eigenvalue weighted by atomic mass is 9.99. The van der Waals surface area contributed by atoms with E-state index >= 15 is 0 Å². The van der Waals surface area contributed by atoms with Crippen LogP contribution in [0.5, 0.6) is 6.01 Å². The molecule has 0 saturated heterocycles. The summed E-state index contributed by atoms with van der Waals surface area (Å²) in [6.45, 7) is 7.06. The highest BCUT2D eigenvalue weighted by Gasteiger charge is 2.00. The number of para-hydroxylation sites is 2. The average molecular weight is 296 g/mol. The van der Waals surface area contributed by atoms with Gasteiger partial charge < -0.3 is 9.72 Å². The van der Waals surface area contributed by atoms with Crippen LogP contribution >= 0.6 is 0 Å². The van der Waals surface area contributed by atoms with Crippen LogP contribution in [-0.4, -0.2) is 16.6 Å². The lowest BCUT2D eigenvalue weighted by Crippen LogP contribution is -1.92. The standard InChI is InChI=1S/C10H14.C9H10N2O/c1-3-9(2)10-7-5-4-6-8-10;1-2-12-9-10-7-5-3-4-6-8(7)11-9/h4-9H,3H2,1-2H3;3-6H,2H2,1H3,(H,10,11). The highest BCUT2D eigenvalue weighted by molar-refractivity contribution is 5.75. The second-order valence-corrected chi connectivity index (χ2v) is 5.21. The topological polar surface area (TPSA) is 37.9 Å². The Morgan fingerprint density at radius 2 is 1.68 bits per heavy atom. The van der Waals surface area contributed by atoms with E-state index in [1.807, 2.05) is 31.2 Å². The van der Waals surface area contributed by atoms with Crippen molar-refractivity contribution in [3.8, 4) is 6.01 Å². The lowest BCUT2D eigenvalue weighted by molar-refractivity contribution is 0.317. The molecule has 0 aliphatic heterocycles. The van der Waals surface area contributed by atoms with Crippen molar-refractivity contribution in [1.82, 2.24) is 9.97 Å². The van der Waals surface area contributed by atoms with Crippen molar-refractivity contribution in [3.63, 3.8) is 0 Å². The first kappa shape index (κ1) is 16.1. The van der Waals surface area contributed by atoms with Crippen LogP contribution in [0.3, 0.4) is 0 Å². The zero-order valence-electron chi connectivity index (χ0n) is 13.5. The number of nitrogens with one attached hydrogen (secondary N) is 1. The number of hydrogen-bond donors (Lipinski definition) is 1. The van der Waals surface area contributed by atoms with Crippen LogP contribution in [0, 0.1) is 0 Å². The van der Waals surface area contributed by atoms with Gasteiger partial charge in [0.1, 0.15) is 0 Å². The number of rotatable bonds is 4. The normalized spacial score (nSPS) is 11.6. The fourth-order valence-electron chi connectivity index (χ4n) is 2.15. The summed E-state index contributed by atoms with van der Waals surface area (Å²) in [5.41, 5.74) is 3.41. The maximum absolute atomic E-state index is 5.22. The Hall–Kier alpha value is -2.29. The minimum atomic E-state index is 0.596. The predicted molar refractivity (Wildman–Crippen MR) is 92.4 cm³/mol. The molecule has 0 amide bonds. The molecule has 22 heavy (non-hydrogen) atoms. The van der Waals surface area contributed by atoms with Crippen LogP contribution in [0.15, 0.2) is 54.6 Å². The molecule has 3 aromatic rings. The molecule has 1 atom stereocenters. The number of H-pyrrole nitrogens is 1. The van der Waals surface area contributed by atoms with Gasteiger partial charge in [0.05, 0.1) is 17.6 Å². The summed E-state index contributed by atoms with van der Waals surface area (Å²) in [6.07, 6.45) is 1.23. The molecule has 3 heteroatoms. The summed E-state index contributed by atoms with van der Waals surface area (Å²) in [5, 5.41) is 0. The number of benzene rings is 2. The molecule has 1 N–H and O–H groups in total. The van der Waals surface area contributed by atoms with E-state index in [2.05, 4.69) is 54.1 Å². The molecule has 0 aliphatic carbocycles. The average Bonchev–Trinajstić information content (AvgIpc) is 2.98. The quantitative estimate of drug-likeness (QED) is 0.722. The van der Waals surface area contributed by atoms with Crippen molar-refractivity contribution in [2.24, 2.45) is 0 Å². The SMILES string of the molecule is CCC(C)c1ccccc1.CCOc1nc2ccccc2[nH]1. The Morgan fingerprint density at radius 3 is 2.32 bits per heavy atom. The maximum atomic E-state index is 5.22. The highest BCUT2D eigenvalue weighted by Crippen LogP contribution is 2.17. The van der Waals surface area contributed by atoms with Crippen LogP contribution in [0.4, 0.5) is 0 Å². The predicted octanol–water partition coefficient (Wildman–Crippen LogP) is 5.16. The summed E-state index contributed by atoms with van der Waals surface area (Å²) in [4.78, 5) is 7.29. The van der Waals surface area contributed by atoms with Gasteiger partial charge >= 0.3 is 0 Å². The molecular formula is C19H24N2O. The molecule has 1 unspecified atom stereocenters. The van der Waals surface area contributed by atoms with Gasteiger partial charge in [-0.25, -0.2) is 0 Å². The van der Waals surface area contributed by atoms with E-state index in [1.54, 1.807) is 0 Å². The smallest absolute Gasteiger partial charge is 0.294 e. The minimum Gasteiger partial charge on any atom is -0.465 e. The Labute approximate surface area is 132 Å². The highest BCUT2D eigenvalue weighted by atomic mass is 16.5. The van der Waals surface area contributed by atoms with Gasteiger partial charge in [-0.2, -0.15) is 4.98 Å². The first-order valence-corrected chi connectivity index (χ1v) is 7.87. The molecule has 0 radical (unpaired) electrons. The van der Waals surface area contributed by atoms with E-state index in [0.717, 1.165) is 11.0 Å². The van der Waals surface area contributed by atoms with E-state index in [-0.39, 0.29) is 0 Å². The molecule has 1 heterocycles. The third-order valence-corrected chi connectivity index (χ3v) is 3.63. The molecule has 0 aliphatic rings. The van der Waals surface area contributed by atoms with E-state index in [1.165, 1.54) is 12.0 Å². The number of ether oxygens (including phenoxy) is 1. The van der Waals surface area contributed by atoms with E-state index < -0.39 is 0 Å². The summed E-state index contributed by atoms with van der Waals surface area (Å²) >= 11 is 0. The van der Waals surface area contributed by atoms with Crippen molar-refractivity contribution in [3.05, 3.63) is 60.2 Å². The van der Waals surface area contributed by atoms with Gasteiger partial charge in [0, 0.05) is 0 Å². The molecule has 116 valence electrons. The molecule has 0 spiro atoms. The monoisotopic (exact) mass is 296 g/mol. The first-order chi connectivity index (χ1) is 10.7. The molecule has 1 aromatic heterocycles. The molecule has 0 fully saturated rings. The summed E-state index contributed by atoms with van der Waals surface area (Å²) in [5.74, 6) is 0.709. The third-order valence-electron chi connectivity index (χ3n) is 3.63. The van der Waals surface area contributed by atoms with E-state index in [4.69, 9.17) is 4.74 Å². The van der Waals surface area contributed by atoms with Crippen molar-refractivity contribution >= 4 is 11.0 Å². The lowest BCUT2D eigenvalue weighted by Gasteiger charge is -2.06. The van der Waals surface area contributed by atoms with Crippen molar-refractivity contribution in [1.29, 1.82) is 0 Å². The van der Waals surface area contributed by atoms with Crippen molar-refractivity contribution in [2.75, 3.05) is 6.61 Å². The van der Waals surface area contributed by atoms with Gasteiger partial charge in [0.15, 0.2) is 0 Å². The molecule has 2 aromatic carbocycles. The molecule has 3 nitrogen and oxygen atoms in total. The second-order valence-electron chi connectivity index (χ2n) is 5.21. The van der Waals surface area contributed by atoms with Crippen LogP contribution in [0.1, 0.15) is 38.7 Å². The fraction of sp³-hybridized carbons (Fsp3) is 0.316.